The molecule has 5 heteroatoms. The average molecular weight is 355 g/mol. The second kappa shape index (κ2) is 6.94. The summed E-state index contributed by atoms with van der Waals surface area (Å²) in [4.78, 5) is 12.7. The van der Waals surface area contributed by atoms with E-state index in [2.05, 4.69) is 0 Å². The Balaban J connectivity index is 1.75. The molecule has 25 heavy (non-hydrogen) atoms. The molecule has 1 aliphatic heterocycles. The first-order chi connectivity index (χ1) is 11.9. The van der Waals surface area contributed by atoms with Crippen LogP contribution in [0.25, 0.3) is 0 Å². The van der Waals surface area contributed by atoms with E-state index in [1.54, 1.807) is 36.4 Å². The molecule has 0 amide bonds. The number of Topliss-reactive ketones (excluding diaryl/α,β-unsaturated/α-hetero) is 1. The topological polar surface area (TPSA) is 54.5 Å². The quantitative estimate of drug-likeness (QED) is 0.608. The van der Waals surface area contributed by atoms with E-state index >= 15 is 0 Å². The highest BCUT2D eigenvalue weighted by atomic mass is 32.2. The van der Waals surface area contributed by atoms with Gasteiger partial charge in [-0.2, -0.15) is 4.31 Å². The smallest absolute Gasteiger partial charge is 0.243 e. The molecule has 130 valence electrons. The maximum atomic E-state index is 12.8. The van der Waals surface area contributed by atoms with E-state index in [-0.39, 0.29) is 18.7 Å². The van der Waals surface area contributed by atoms with Gasteiger partial charge in [0.2, 0.25) is 10.0 Å². The van der Waals surface area contributed by atoms with Gasteiger partial charge in [0.1, 0.15) is 0 Å². The van der Waals surface area contributed by atoms with E-state index in [4.69, 9.17) is 0 Å². The van der Waals surface area contributed by atoms with Crippen LogP contribution < -0.4 is 0 Å². The molecule has 1 heterocycles. The van der Waals surface area contributed by atoms with Crippen molar-refractivity contribution >= 4 is 15.8 Å². The van der Waals surface area contributed by atoms with Crippen LogP contribution in [-0.2, 0) is 10.0 Å². The molecular formula is C20H21NO3S. The normalized spacial score (nSPS) is 15.6. The standard InChI is InChI=1S/C20H21NO3S/c1-15-8-10-19(11-9-15)25(23,24)21-13-16(2)18(14-21)12-20(22)17-6-4-3-5-7-17/h3-11H,12-14H2,1-2H3. The van der Waals surface area contributed by atoms with Crippen LogP contribution in [-0.4, -0.2) is 31.6 Å². The molecule has 0 radical (unpaired) electrons. The van der Waals surface area contributed by atoms with E-state index in [0.29, 0.717) is 17.0 Å². The van der Waals surface area contributed by atoms with Crippen molar-refractivity contribution < 1.29 is 13.2 Å². The minimum absolute atomic E-state index is 0.0181. The molecule has 2 aromatic rings. The minimum Gasteiger partial charge on any atom is -0.294 e. The first-order valence-corrected chi connectivity index (χ1v) is 9.64. The minimum atomic E-state index is -3.54. The van der Waals surface area contributed by atoms with Crippen LogP contribution in [0.3, 0.4) is 0 Å². The fraction of sp³-hybridized carbons (Fsp3) is 0.250. The zero-order chi connectivity index (χ0) is 18.0. The number of sulfonamides is 1. The van der Waals surface area contributed by atoms with Gasteiger partial charge >= 0.3 is 0 Å². The van der Waals surface area contributed by atoms with E-state index in [1.165, 1.54) is 4.31 Å². The highest BCUT2D eigenvalue weighted by molar-refractivity contribution is 7.89. The molecule has 0 saturated heterocycles. The number of aryl methyl sites for hydroxylation is 1. The van der Waals surface area contributed by atoms with Crippen LogP contribution in [0.1, 0.15) is 29.3 Å². The molecule has 0 aromatic heterocycles. The van der Waals surface area contributed by atoms with Gasteiger partial charge in [0, 0.05) is 25.1 Å². The van der Waals surface area contributed by atoms with Crippen molar-refractivity contribution in [1.82, 2.24) is 4.31 Å². The van der Waals surface area contributed by atoms with Gasteiger partial charge in [0.05, 0.1) is 4.90 Å². The van der Waals surface area contributed by atoms with Crippen LogP contribution in [0, 0.1) is 6.92 Å². The number of rotatable bonds is 5. The Hall–Kier alpha value is -2.24. The molecule has 0 fully saturated rings. The average Bonchev–Trinajstić information content (AvgIpc) is 2.97. The summed E-state index contributed by atoms with van der Waals surface area (Å²) in [5.41, 5.74) is 3.52. The summed E-state index contributed by atoms with van der Waals surface area (Å²) in [5.74, 6) is 0.0181. The monoisotopic (exact) mass is 355 g/mol. The van der Waals surface area contributed by atoms with Gasteiger partial charge in [-0.3, -0.25) is 4.79 Å². The van der Waals surface area contributed by atoms with E-state index < -0.39 is 10.0 Å². The van der Waals surface area contributed by atoms with Crippen molar-refractivity contribution in [2.75, 3.05) is 13.1 Å². The Bertz CT molecular complexity index is 913. The molecule has 0 atom stereocenters. The number of ketones is 1. The van der Waals surface area contributed by atoms with Crippen LogP contribution in [0.5, 0.6) is 0 Å². The predicted octanol–water partition coefficient (Wildman–Crippen LogP) is 3.59. The molecule has 3 rings (SSSR count). The SMILES string of the molecule is CC1=C(CC(=O)c2ccccc2)CN(S(=O)(=O)c2ccc(C)cc2)C1. The Morgan fingerprint density at radius 1 is 0.960 bits per heavy atom. The first-order valence-electron chi connectivity index (χ1n) is 8.20. The van der Waals surface area contributed by atoms with Crippen LogP contribution in [0.4, 0.5) is 0 Å². The second-order valence-electron chi connectivity index (χ2n) is 6.44. The summed E-state index contributed by atoms with van der Waals surface area (Å²) in [6, 6.07) is 16.0. The van der Waals surface area contributed by atoms with Crippen LogP contribution in [0.15, 0.2) is 70.6 Å². The van der Waals surface area contributed by atoms with Gasteiger partial charge in [-0.25, -0.2) is 8.42 Å². The Labute approximate surface area is 148 Å². The van der Waals surface area contributed by atoms with Crippen molar-refractivity contribution in [2.24, 2.45) is 0 Å². The Morgan fingerprint density at radius 3 is 2.24 bits per heavy atom. The second-order valence-corrected chi connectivity index (χ2v) is 8.37. The third kappa shape index (κ3) is 3.72. The van der Waals surface area contributed by atoms with Gasteiger partial charge in [0.15, 0.2) is 5.78 Å². The number of carbonyl (C=O) groups is 1. The number of hydrogen-bond donors (Lipinski definition) is 0. The molecule has 0 saturated carbocycles. The maximum absolute atomic E-state index is 12.8. The summed E-state index contributed by atoms with van der Waals surface area (Å²) in [6.45, 7) is 4.44. The molecule has 0 aliphatic carbocycles. The Morgan fingerprint density at radius 2 is 1.60 bits per heavy atom. The lowest BCUT2D eigenvalue weighted by molar-refractivity contribution is 0.0992. The van der Waals surface area contributed by atoms with E-state index in [9.17, 15) is 13.2 Å². The zero-order valence-corrected chi connectivity index (χ0v) is 15.2. The third-order valence-electron chi connectivity index (χ3n) is 4.51. The lowest BCUT2D eigenvalue weighted by atomic mass is 10.0. The van der Waals surface area contributed by atoms with Gasteiger partial charge in [0.25, 0.3) is 0 Å². The summed E-state index contributed by atoms with van der Waals surface area (Å²) >= 11 is 0. The van der Waals surface area contributed by atoms with Gasteiger partial charge in [-0.15, -0.1) is 0 Å². The fourth-order valence-electron chi connectivity index (χ4n) is 2.94. The summed E-state index contributed by atoms with van der Waals surface area (Å²) in [5, 5.41) is 0. The number of benzene rings is 2. The summed E-state index contributed by atoms with van der Waals surface area (Å²) in [6.07, 6.45) is 0.260. The molecule has 0 unspecified atom stereocenters. The highest BCUT2D eigenvalue weighted by Crippen LogP contribution is 2.27. The highest BCUT2D eigenvalue weighted by Gasteiger charge is 2.31. The van der Waals surface area contributed by atoms with E-state index in [1.807, 2.05) is 32.0 Å². The first kappa shape index (κ1) is 17.6. The number of nitrogens with zero attached hydrogens (tertiary/aromatic N) is 1. The van der Waals surface area contributed by atoms with E-state index in [0.717, 1.165) is 16.7 Å². The van der Waals surface area contributed by atoms with Crippen molar-refractivity contribution in [2.45, 2.75) is 25.2 Å². The van der Waals surface area contributed by atoms with Crippen LogP contribution >= 0.6 is 0 Å². The molecule has 1 aliphatic rings. The maximum Gasteiger partial charge on any atom is 0.243 e. The van der Waals surface area contributed by atoms with Crippen molar-refractivity contribution in [3.05, 3.63) is 76.9 Å². The van der Waals surface area contributed by atoms with Gasteiger partial charge in [-0.05, 0) is 31.6 Å². The lowest BCUT2D eigenvalue weighted by Gasteiger charge is -2.17. The molecular weight excluding hydrogens is 334 g/mol. The third-order valence-corrected chi connectivity index (χ3v) is 6.32. The molecule has 0 bridgehead atoms. The summed E-state index contributed by atoms with van der Waals surface area (Å²) < 4.78 is 27.1. The Kier molecular flexibility index (Phi) is 4.88. The summed E-state index contributed by atoms with van der Waals surface area (Å²) in [7, 11) is -3.54. The largest absolute Gasteiger partial charge is 0.294 e. The fourth-order valence-corrected chi connectivity index (χ4v) is 4.40. The molecule has 0 spiro atoms. The molecule has 4 nitrogen and oxygen atoms in total. The number of hydrogen-bond acceptors (Lipinski definition) is 3. The van der Waals surface area contributed by atoms with Crippen LogP contribution in [0.2, 0.25) is 0 Å². The molecule has 0 N–H and O–H groups in total. The van der Waals surface area contributed by atoms with Crippen molar-refractivity contribution in [3.63, 3.8) is 0 Å². The van der Waals surface area contributed by atoms with Crippen molar-refractivity contribution in [3.8, 4) is 0 Å². The van der Waals surface area contributed by atoms with Gasteiger partial charge in [-0.1, -0.05) is 53.6 Å². The zero-order valence-electron chi connectivity index (χ0n) is 14.4. The van der Waals surface area contributed by atoms with Gasteiger partial charge < -0.3 is 0 Å². The lowest BCUT2D eigenvalue weighted by Crippen LogP contribution is -2.29. The number of carbonyl (C=O) groups excluding carboxylic acids is 1. The van der Waals surface area contributed by atoms with Crippen molar-refractivity contribution in [1.29, 1.82) is 0 Å². The molecule has 2 aromatic carbocycles. The predicted molar refractivity (Wildman–Crippen MR) is 98.0 cm³/mol.